The molecule has 0 spiro atoms. The van der Waals surface area contributed by atoms with E-state index in [2.05, 4.69) is 21.2 Å². The van der Waals surface area contributed by atoms with Crippen LogP contribution in [-0.4, -0.2) is 20.7 Å². The van der Waals surface area contributed by atoms with Crippen molar-refractivity contribution in [3.05, 3.63) is 49.5 Å². The molecule has 0 saturated carbocycles. The Morgan fingerprint density at radius 1 is 1.31 bits per heavy atom. The summed E-state index contributed by atoms with van der Waals surface area (Å²) in [5.74, 6) is -0.0837. The molecule has 0 fully saturated rings. The average Bonchev–Trinajstić information content (AvgIpc) is 3.09. The SMILES string of the molecule is CC[C@@H](Sc1nc2sc3c(c2c(=O)n1C)CCCC3)C(=O)Nc1ccc(Br)cc1. The van der Waals surface area contributed by atoms with E-state index in [1.165, 1.54) is 28.6 Å². The van der Waals surface area contributed by atoms with Gasteiger partial charge in [-0.15, -0.1) is 11.3 Å². The number of halogens is 1. The molecule has 0 unspecified atom stereocenters. The zero-order valence-corrected chi connectivity index (χ0v) is 19.5. The molecular formula is C21H22BrN3O2S2. The molecule has 3 aromatic rings. The Morgan fingerprint density at radius 3 is 2.76 bits per heavy atom. The minimum Gasteiger partial charge on any atom is -0.325 e. The lowest BCUT2D eigenvalue weighted by Gasteiger charge is -2.16. The number of rotatable bonds is 5. The van der Waals surface area contributed by atoms with E-state index in [0.717, 1.165) is 39.6 Å². The van der Waals surface area contributed by atoms with Crippen molar-refractivity contribution >= 4 is 60.8 Å². The lowest BCUT2D eigenvalue weighted by molar-refractivity contribution is -0.115. The number of hydrogen-bond acceptors (Lipinski definition) is 5. The number of carbonyl (C=O) groups excluding carboxylic acids is 1. The van der Waals surface area contributed by atoms with E-state index < -0.39 is 0 Å². The molecule has 0 bridgehead atoms. The van der Waals surface area contributed by atoms with Gasteiger partial charge in [-0.2, -0.15) is 0 Å². The summed E-state index contributed by atoms with van der Waals surface area (Å²) in [5.41, 5.74) is 1.95. The summed E-state index contributed by atoms with van der Waals surface area (Å²) < 4.78 is 2.56. The Morgan fingerprint density at radius 2 is 2.03 bits per heavy atom. The number of nitrogens with one attached hydrogen (secondary N) is 1. The van der Waals surface area contributed by atoms with Gasteiger partial charge in [0.05, 0.1) is 10.6 Å². The van der Waals surface area contributed by atoms with E-state index in [-0.39, 0.29) is 16.7 Å². The summed E-state index contributed by atoms with van der Waals surface area (Å²) in [5, 5.41) is 4.01. The molecule has 152 valence electrons. The molecule has 8 heteroatoms. The number of carbonyl (C=O) groups is 1. The molecule has 1 aliphatic rings. The number of anilines is 1. The minimum absolute atomic E-state index is 0.0000656. The van der Waals surface area contributed by atoms with Crippen LogP contribution in [0.15, 0.2) is 38.7 Å². The summed E-state index contributed by atoms with van der Waals surface area (Å²) in [7, 11) is 1.75. The topological polar surface area (TPSA) is 64.0 Å². The third kappa shape index (κ3) is 4.15. The van der Waals surface area contributed by atoms with Crippen LogP contribution in [0.5, 0.6) is 0 Å². The van der Waals surface area contributed by atoms with Gasteiger partial charge in [0, 0.05) is 22.1 Å². The van der Waals surface area contributed by atoms with Crippen LogP contribution in [0.2, 0.25) is 0 Å². The zero-order valence-electron chi connectivity index (χ0n) is 16.3. The van der Waals surface area contributed by atoms with Crippen LogP contribution in [0.4, 0.5) is 5.69 Å². The van der Waals surface area contributed by atoms with Crippen LogP contribution in [-0.2, 0) is 24.7 Å². The van der Waals surface area contributed by atoms with Crippen LogP contribution in [0.3, 0.4) is 0 Å². The van der Waals surface area contributed by atoms with Gasteiger partial charge >= 0.3 is 0 Å². The van der Waals surface area contributed by atoms with E-state index in [1.54, 1.807) is 23.0 Å². The number of aromatic nitrogens is 2. The number of thioether (sulfide) groups is 1. The molecule has 1 aromatic carbocycles. The maximum atomic E-state index is 13.1. The zero-order chi connectivity index (χ0) is 20.5. The normalized spacial score (nSPS) is 14.6. The van der Waals surface area contributed by atoms with Gasteiger partial charge in [-0.1, -0.05) is 34.6 Å². The Labute approximate surface area is 186 Å². The van der Waals surface area contributed by atoms with Crippen LogP contribution < -0.4 is 10.9 Å². The largest absolute Gasteiger partial charge is 0.325 e. The van der Waals surface area contributed by atoms with E-state index in [1.807, 2.05) is 31.2 Å². The van der Waals surface area contributed by atoms with E-state index >= 15 is 0 Å². The number of nitrogens with zero attached hydrogens (tertiary/aromatic N) is 2. The highest BCUT2D eigenvalue weighted by atomic mass is 79.9. The van der Waals surface area contributed by atoms with Gasteiger partial charge < -0.3 is 5.32 Å². The molecule has 1 atom stereocenters. The first-order chi connectivity index (χ1) is 14.0. The minimum atomic E-state index is -0.330. The first-order valence-electron chi connectivity index (χ1n) is 9.72. The maximum absolute atomic E-state index is 13.1. The molecule has 0 saturated heterocycles. The van der Waals surface area contributed by atoms with E-state index in [9.17, 15) is 9.59 Å². The monoisotopic (exact) mass is 491 g/mol. The summed E-state index contributed by atoms with van der Waals surface area (Å²) >= 11 is 6.40. The molecule has 1 amide bonds. The molecule has 5 nitrogen and oxygen atoms in total. The Balaban J connectivity index is 1.61. The van der Waals surface area contributed by atoms with Crippen molar-refractivity contribution < 1.29 is 4.79 Å². The predicted octanol–water partition coefficient (Wildman–Crippen LogP) is 5.15. The highest BCUT2D eigenvalue weighted by Crippen LogP contribution is 2.35. The van der Waals surface area contributed by atoms with E-state index in [4.69, 9.17) is 4.98 Å². The first kappa shape index (κ1) is 20.6. The second-order valence-electron chi connectivity index (χ2n) is 7.16. The molecule has 1 N–H and O–H groups in total. The van der Waals surface area contributed by atoms with Crippen molar-refractivity contribution in [2.24, 2.45) is 7.05 Å². The molecule has 2 heterocycles. The fourth-order valence-corrected chi connectivity index (χ4v) is 6.12. The van der Waals surface area contributed by atoms with Crippen LogP contribution in [0.1, 0.15) is 36.6 Å². The maximum Gasteiger partial charge on any atom is 0.262 e. The number of aryl methyl sites for hydroxylation is 2. The molecule has 29 heavy (non-hydrogen) atoms. The van der Waals surface area contributed by atoms with Gasteiger partial charge in [-0.25, -0.2) is 4.98 Å². The number of hydrogen-bond donors (Lipinski definition) is 1. The standard InChI is InChI=1S/C21H22BrN3O2S2/c1-3-15(18(26)23-13-10-8-12(22)9-11-13)29-21-24-19-17(20(27)25(21)2)14-6-4-5-7-16(14)28-19/h8-11,15H,3-7H2,1-2H3,(H,23,26)/t15-/m1/s1. The highest BCUT2D eigenvalue weighted by Gasteiger charge is 2.24. The Hall–Kier alpha value is -1.64. The number of benzene rings is 1. The second kappa shape index (κ2) is 8.62. The predicted molar refractivity (Wildman–Crippen MR) is 124 cm³/mol. The van der Waals surface area contributed by atoms with Crippen LogP contribution in [0, 0.1) is 0 Å². The molecule has 4 rings (SSSR count). The lowest BCUT2D eigenvalue weighted by atomic mass is 9.97. The molecule has 1 aliphatic carbocycles. The Kier molecular flexibility index (Phi) is 6.13. The van der Waals surface area contributed by atoms with Gasteiger partial charge in [0.15, 0.2) is 5.16 Å². The molecule has 0 aliphatic heterocycles. The third-order valence-electron chi connectivity index (χ3n) is 5.18. The summed E-state index contributed by atoms with van der Waals surface area (Å²) in [6, 6.07) is 7.49. The smallest absolute Gasteiger partial charge is 0.262 e. The van der Waals surface area contributed by atoms with Crippen molar-refractivity contribution in [3.8, 4) is 0 Å². The fourth-order valence-electron chi connectivity index (χ4n) is 3.58. The van der Waals surface area contributed by atoms with Gasteiger partial charge in [0.25, 0.3) is 5.56 Å². The highest BCUT2D eigenvalue weighted by molar-refractivity contribution is 9.10. The second-order valence-corrected chi connectivity index (χ2v) is 10.3. The van der Waals surface area contributed by atoms with Crippen molar-refractivity contribution in [2.75, 3.05) is 5.32 Å². The van der Waals surface area contributed by atoms with Crippen molar-refractivity contribution in [2.45, 2.75) is 49.4 Å². The summed E-state index contributed by atoms with van der Waals surface area (Å²) in [6.45, 7) is 1.97. The molecular weight excluding hydrogens is 470 g/mol. The molecule has 0 radical (unpaired) electrons. The summed E-state index contributed by atoms with van der Waals surface area (Å²) in [6.07, 6.45) is 4.95. The Bertz CT molecular complexity index is 1120. The first-order valence-corrected chi connectivity index (χ1v) is 12.2. The summed E-state index contributed by atoms with van der Waals surface area (Å²) in [4.78, 5) is 32.8. The molecule has 2 aromatic heterocycles. The average molecular weight is 492 g/mol. The van der Waals surface area contributed by atoms with Crippen LogP contribution in [0.25, 0.3) is 10.2 Å². The van der Waals surface area contributed by atoms with Crippen LogP contribution >= 0.6 is 39.0 Å². The number of fused-ring (bicyclic) bond motifs is 3. The van der Waals surface area contributed by atoms with Gasteiger partial charge in [-0.3, -0.25) is 14.2 Å². The number of thiophene rings is 1. The third-order valence-corrected chi connectivity index (χ3v) is 8.30. The quantitative estimate of drug-likeness (QED) is 0.396. The van der Waals surface area contributed by atoms with Gasteiger partial charge in [0.2, 0.25) is 5.91 Å². The van der Waals surface area contributed by atoms with Crippen molar-refractivity contribution in [1.29, 1.82) is 0 Å². The van der Waals surface area contributed by atoms with Gasteiger partial charge in [-0.05, 0) is 61.9 Å². The number of amides is 1. The van der Waals surface area contributed by atoms with Crippen molar-refractivity contribution in [1.82, 2.24) is 9.55 Å². The van der Waals surface area contributed by atoms with E-state index in [0.29, 0.717) is 11.6 Å². The van der Waals surface area contributed by atoms with Crippen molar-refractivity contribution in [3.63, 3.8) is 0 Å². The van der Waals surface area contributed by atoms with Gasteiger partial charge in [0.1, 0.15) is 4.83 Å². The fraction of sp³-hybridized carbons (Fsp3) is 0.381. The lowest BCUT2D eigenvalue weighted by Crippen LogP contribution is -2.27.